The molecule has 0 atom stereocenters. The first-order valence-electron chi connectivity index (χ1n) is 9.01. The van der Waals surface area contributed by atoms with Crippen LogP contribution in [-0.2, 0) is 6.54 Å². The van der Waals surface area contributed by atoms with Gasteiger partial charge in [0.25, 0.3) is 5.69 Å². The standard InChI is InChI=1S/C20H19ClN4O2S/c21-19-7-2-1-6-18(19)20-22-15(14-28-20)13-23-8-10-24(11-9-23)16-4-3-5-17(12-16)25(26)27/h1-7,12,14H,8-11,13H2. The Kier molecular flexibility index (Phi) is 5.57. The van der Waals surface area contributed by atoms with Crippen molar-refractivity contribution in [2.75, 3.05) is 31.1 Å². The molecule has 4 rings (SSSR count). The largest absolute Gasteiger partial charge is 0.369 e. The van der Waals surface area contributed by atoms with Crippen molar-refractivity contribution in [3.8, 4) is 10.6 Å². The highest BCUT2D eigenvalue weighted by Gasteiger charge is 2.20. The van der Waals surface area contributed by atoms with Crippen molar-refractivity contribution in [2.45, 2.75) is 6.54 Å². The zero-order chi connectivity index (χ0) is 19.5. The van der Waals surface area contributed by atoms with E-state index in [1.807, 2.05) is 30.3 Å². The lowest BCUT2D eigenvalue weighted by Crippen LogP contribution is -2.46. The molecule has 0 unspecified atom stereocenters. The number of benzene rings is 2. The predicted molar refractivity (Wildman–Crippen MR) is 113 cm³/mol. The fourth-order valence-electron chi connectivity index (χ4n) is 3.33. The average molecular weight is 415 g/mol. The number of hydrogen-bond acceptors (Lipinski definition) is 6. The minimum absolute atomic E-state index is 0.134. The fraction of sp³-hybridized carbons (Fsp3) is 0.250. The Hall–Kier alpha value is -2.48. The lowest BCUT2D eigenvalue weighted by atomic mass is 10.2. The molecule has 1 fully saturated rings. The minimum atomic E-state index is -0.349. The molecule has 1 aliphatic heterocycles. The molecule has 0 N–H and O–H groups in total. The Morgan fingerprint density at radius 3 is 2.64 bits per heavy atom. The van der Waals surface area contributed by atoms with Crippen LogP contribution < -0.4 is 4.90 Å². The van der Waals surface area contributed by atoms with Crippen molar-refractivity contribution in [1.29, 1.82) is 0 Å². The van der Waals surface area contributed by atoms with Crippen LogP contribution in [0.15, 0.2) is 53.9 Å². The van der Waals surface area contributed by atoms with E-state index in [2.05, 4.69) is 15.2 Å². The molecule has 2 aromatic carbocycles. The maximum Gasteiger partial charge on any atom is 0.271 e. The fourth-order valence-corrected chi connectivity index (χ4v) is 4.47. The molecule has 28 heavy (non-hydrogen) atoms. The van der Waals surface area contributed by atoms with Gasteiger partial charge >= 0.3 is 0 Å². The molecule has 0 radical (unpaired) electrons. The molecule has 2 heterocycles. The predicted octanol–water partition coefficient (Wildman–Crippen LogP) is 4.69. The van der Waals surface area contributed by atoms with Crippen LogP contribution in [0.1, 0.15) is 5.69 Å². The van der Waals surface area contributed by atoms with E-state index in [9.17, 15) is 10.1 Å². The zero-order valence-electron chi connectivity index (χ0n) is 15.1. The Morgan fingerprint density at radius 1 is 1.11 bits per heavy atom. The van der Waals surface area contributed by atoms with Gasteiger partial charge in [0.15, 0.2) is 0 Å². The summed E-state index contributed by atoms with van der Waals surface area (Å²) >= 11 is 7.88. The van der Waals surface area contributed by atoms with Crippen LogP contribution in [-0.4, -0.2) is 41.0 Å². The molecule has 0 amide bonds. The smallest absolute Gasteiger partial charge is 0.271 e. The van der Waals surface area contributed by atoms with Crippen molar-refractivity contribution in [3.63, 3.8) is 0 Å². The Morgan fingerprint density at radius 2 is 1.89 bits per heavy atom. The van der Waals surface area contributed by atoms with E-state index < -0.39 is 0 Å². The summed E-state index contributed by atoms with van der Waals surface area (Å²) < 4.78 is 0. The molecule has 0 bridgehead atoms. The number of piperazine rings is 1. The molecular formula is C20H19ClN4O2S. The van der Waals surface area contributed by atoms with Gasteiger partial charge in [-0.25, -0.2) is 4.98 Å². The maximum atomic E-state index is 11.0. The van der Waals surface area contributed by atoms with Crippen LogP contribution in [0.5, 0.6) is 0 Å². The SMILES string of the molecule is O=[N+]([O-])c1cccc(N2CCN(Cc3csc(-c4ccccc4Cl)n3)CC2)c1. The topological polar surface area (TPSA) is 62.5 Å². The van der Waals surface area contributed by atoms with Gasteiger partial charge in [-0.1, -0.05) is 35.9 Å². The number of aromatic nitrogens is 1. The van der Waals surface area contributed by atoms with E-state index in [-0.39, 0.29) is 10.6 Å². The molecule has 6 nitrogen and oxygen atoms in total. The van der Waals surface area contributed by atoms with Gasteiger partial charge in [-0.15, -0.1) is 11.3 Å². The molecule has 3 aromatic rings. The quantitative estimate of drug-likeness (QED) is 0.447. The third kappa shape index (κ3) is 4.16. The van der Waals surface area contributed by atoms with Gasteiger partial charge in [0.2, 0.25) is 0 Å². The van der Waals surface area contributed by atoms with Crippen molar-refractivity contribution < 1.29 is 4.92 Å². The molecule has 0 aliphatic carbocycles. The van der Waals surface area contributed by atoms with Gasteiger partial charge in [-0.3, -0.25) is 15.0 Å². The van der Waals surface area contributed by atoms with E-state index in [4.69, 9.17) is 16.6 Å². The first-order chi connectivity index (χ1) is 13.6. The number of hydrogen-bond donors (Lipinski definition) is 0. The van der Waals surface area contributed by atoms with E-state index >= 15 is 0 Å². The number of halogens is 1. The van der Waals surface area contributed by atoms with Crippen LogP contribution in [0, 0.1) is 10.1 Å². The number of thiazole rings is 1. The van der Waals surface area contributed by atoms with Gasteiger partial charge in [0.05, 0.1) is 15.6 Å². The third-order valence-electron chi connectivity index (χ3n) is 4.82. The zero-order valence-corrected chi connectivity index (χ0v) is 16.7. The number of anilines is 1. The minimum Gasteiger partial charge on any atom is -0.369 e. The molecule has 0 spiro atoms. The van der Waals surface area contributed by atoms with Crippen molar-refractivity contribution in [3.05, 3.63) is 74.7 Å². The highest BCUT2D eigenvalue weighted by atomic mass is 35.5. The van der Waals surface area contributed by atoms with Gasteiger partial charge in [0.1, 0.15) is 5.01 Å². The van der Waals surface area contributed by atoms with Gasteiger partial charge in [-0.05, 0) is 12.1 Å². The van der Waals surface area contributed by atoms with Crippen LogP contribution in [0.2, 0.25) is 5.02 Å². The summed E-state index contributed by atoms with van der Waals surface area (Å²) in [5.41, 5.74) is 3.05. The lowest BCUT2D eigenvalue weighted by molar-refractivity contribution is -0.384. The molecule has 144 valence electrons. The number of nitrogens with zero attached hydrogens (tertiary/aromatic N) is 4. The van der Waals surface area contributed by atoms with Crippen LogP contribution in [0.4, 0.5) is 11.4 Å². The summed E-state index contributed by atoms with van der Waals surface area (Å²) in [4.78, 5) is 19.9. The van der Waals surface area contributed by atoms with Crippen LogP contribution >= 0.6 is 22.9 Å². The second-order valence-electron chi connectivity index (χ2n) is 6.66. The number of nitro benzene ring substituents is 1. The third-order valence-corrected chi connectivity index (χ3v) is 6.07. The number of nitro groups is 1. The summed E-state index contributed by atoms with van der Waals surface area (Å²) in [6, 6.07) is 14.6. The molecule has 8 heteroatoms. The molecule has 1 aliphatic rings. The van der Waals surface area contributed by atoms with Crippen LogP contribution in [0.3, 0.4) is 0 Å². The summed E-state index contributed by atoms with van der Waals surface area (Å²) in [5.74, 6) is 0. The monoisotopic (exact) mass is 414 g/mol. The van der Waals surface area contributed by atoms with Crippen molar-refractivity contribution >= 4 is 34.3 Å². The summed E-state index contributed by atoms with van der Waals surface area (Å²) in [6.45, 7) is 4.25. The summed E-state index contributed by atoms with van der Waals surface area (Å²) in [5, 5.41) is 14.7. The first kappa shape index (κ1) is 18.9. The highest BCUT2D eigenvalue weighted by molar-refractivity contribution is 7.13. The Balaban J connectivity index is 1.37. The van der Waals surface area contributed by atoms with Gasteiger partial charge < -0.3 is 4.90 Å². The van der Waals surface area contributed by atoms with E-state index in [0.717, 1.165) is 54.7 Å². The summed E-state index contributed by atoms with van der Waals surface area (Å²) in [7, 11) is 0. The van der Waals surface area contributed by atoms with Gasteiger partial charge in [0, 0.05) is 61.5 Å². The first-order valence-corrected chi connectivity index (χ1v) is 10.3. The van der Waals surface area contributed by atoms with Crippen LogP contribution in [0.25, 0.3) is 10.6 Å². The van der Waals surface area contributed by atoms with Crippen molar-refractivity contribution in [2.24, 2.45) is 0 Å². The summed E-state index contributed by atoms with van der Waals surface area (Å²) in [6.07, 6.45) is 0. The maximum absolute atomic E-state index is 11.0. The highest BCUT2D eigenvalue weighted by Crippen LogP contribution is 2.30. The molecule has 1 aromatic heterocycles. The van der Waals surface area contributed by atoms with Crippen molar-refractivity contribution in [1.82, 2.24) is 9.88 Å². The second-order valence-corrected chi connectivity index (χ2v) is 7.93. The second kappa shape index (κ2) is 8.26. The number of rotatable bonds is 5. The lowest BCUT2D eigenvalue weighted by Gasteiger charge is -2.35. The van der Waals surface area contributed by atoms with Gasteiger partial charge in [-0.2, -0.15) is 0 Å². The molecule has 1 saturated heterocycles. The molecular weight excluding hydrogens is 396 g/mol. The Bertz CT molecular complexity index is 986. The van der Waals surface area contributed by atoms with E-state index in [1.165, 1.54) is 6.07 Å². The Labute approximate surface area is 172 Å². The molecule has 0 saturated carbocycles. The number of non-ortho nitro benzene ring substituents is 1. The van der Waals surface area contributed by atoms with E-state index in [1.54, 1.807) is 23.5 Å². The normalized spacial score (nSPS) is 15.0. The van der Waals surface area contributed by atoms with E-state index in [0.29, 0.717) is 5.02 Å². The average Bonchev–Trinajstić information content (AvgIpc) is 3.17.